The van der Waals surface area contributed by atoms with Gasteiger partial charge in [0.2, 0.25) is 0 Å². The van der Waals surface area contributed by atoms with E-state index in [2.05, 4.69) is 4.90 Å². The van der Waals surface area contributed by atoms with Crippen LogP contribution in [0.15, 0.2) is 0 Å². The Morgan fingerprint density at radius 2 is 1.39 bits per heavy atom. The van der Waals surface area contributed by atoms with E-state index in [9.17, 15) is 9.90 Å². The standard InChI is InChI=1S/C15H25NO2/c17-15(18)11-9-13-7-8-14(10-11)16(13)12-5-3-1-2-4-6-12/h11-14H,1-10H2,(H,17,18). The van der Waals surface area contributed by atoms with Crippen LogP contribution >= 0.6 is 0 Å². The lowest BCUT2D eigenvalue weighted by atomic mass is 9.88. The van der Waals surface area contributed by atoms with Gasteiger partial charge in [-0.05, 0) is 38.5 Å². The van der Waals surface area contributed by atoms with Crippen molar-refractivity contribution in [1.29, 1.82) is 0 Å². The number of carboxylic acid groups (broad SMARTS) is 1. The summed E-state index contributed by atoms with van der Waals surface area (Å²) in [5.74, 6) is -0.628. The second-order valence-electron chi connectivity index (χ2n) is 6.48. The highest BCUT2D eigenvalue weighted by Gasteiger charge is 2.45. The van der Waals surface area contributed by atoms with Crippen LogP contribution in [0.3, 0.4) is 0 Å². The molecule has 3 heteroatoms. The number of hydrogen-bond donors (Lipinski definition) is 1. The van der Waals surface area contributed by atoms with Crippen molar-refractivity contribution >= 4 is 5.97 Å². The summed E-state index contributed by atoms with van der Waals surface area (Å²) in [5, 5.41) is 9.22. The number of rotatable bonds is 2. The number of piperidine rings is 1. The molecule has 3 rings (SSSR count). The summed E-state index contributed by atoms with van der Waals surface area (Å²) in [6, 6.07) is 1.92. The summed E-state index contributed by atoms with van der Waals surface area (Å²) in [6.45, 7) is 0. The highest BCUT2D eigenvalue weighted by atomic mass is 16.4. The SMILES string of the molecule is O=C(O)C1CC2CCC(C1)N2C1CCCCCC1. The first-order valence-corrected chi connectivity index (χ1v) is 7.76. The summed E-state index contributed by atoms with van der Waals surface area (Å²) in [5.41, 5.74) is 0. The molecule has 1 N–H and O–H groups in total. The molecule has 1 saturated carbocycles. The third-order valence-corrected chi connectivity index (χ3v) is 5.39. The van der Waals surface area contributed by atoms with Crippen molar-refractivity contribution in [3.05, 3.63) is 0 Å². The van der Waals surface area contributed by atoms with Crippen molar-refractivity contribution in [3.8, 4) is 0 Å². The van der Waals surface area contributed by atoms with Crippen LogP contribution in [-0.2, 0) is 4.79 Å². The van der Waals surface area contributed by atoms with Crippen LogP contribution in [0, 0.1) is 5.92 Å². The second-order valence-corrected chi connectivity index (χ2v) is 6.48. The Kier molecular flexibility index (Phi) is 3.60. The summed E-state index contributed by atoms with van der Waals surface area (Å²) in [4.78, 5) is 13.9. The van der Waals surface area contributed by atoms with E-state index in [1.54, 1.807) is 0 Å². The van der Waals surface area contributed by atoms with E-state index >= 15 is 0 Å². The maximum Gasteiger partial charge on any atom is 0.306 e. The van der Waals surface area contributed by atoms with Gasteiger partial charge in [-0.1, -0.05) is 25.7 Å². The molecule has 2 bridgehead atoms. The zero-order valence-corrected chi connectivity index (χ0v) is 11.2. The molecule has 2 heterocycles. The summed E-state index contributed by atoms with van der Waals surface area (Å²) in [6.07, 6.45) is 12.6. The molecule has 3 nitrogen and oxygen atoms in total. The van der Waals surface area contributed by atoms with Crippen molar-refractivity contribution in [3.63, 3.8) is 0 Å². The molecular formula is C15H25NO2. The van der Waals surface area contributed by atoms with Crippen molar-refractivity contribution in [2.45, 2.75) is 82.3 Å². The van der Waals surface area contributed by atoms with Crippen molar-refractivity contribution in [2.24, 2.45) is 5.92 Å². The molecule has 102 valence electrons. The van der Waals surface area contributed by atoms with E-state index < -0.39 is 5.97 Å². The topological polar surface area (TPSA) is 40.5 Å². The quantitative estimate of drug-likeness (QED) is 0.767. The van der Waals surface area contributed by atoms with Crippen LogP contribution in [0.25, 0.3) is 0 Å². The normalized spacial score (nSPS) is 38.6. The van der Waals surface area contributed by atoms with Crippen LogP contribution < -0.4 is 0 Å². The molecular weight excluding hydrogens is 226 g/mol. The first-order chi connectivity index (χ1) is 8.75. The number of aliphatic carboxylic acids is 1. The Labute approximate surface area is 110 Å². The van der Waals surface area contributed by atoms with Gasteiger partial charge in [0.25, 0.3) is 0 Å². The lowest BCUT2D eigenvalue weighted by molar-refractivity contribution is -0.144. The van der Waals surface area contributed by atoms with E-state index in [0.29, 0.717) is 12.1 Å². The Bertz CT molecular complexity index is 296. The van der Waals surface area contributed by atoms with Crippen LogP contribution in [0.4, 0.5) is 0 Å². The minimum Gasteiger partial charge on any atom is -0.481 e. The third-order valence-electron chi connectivity index (χ3n) is 5.39. The smallest absolute Gasteiger partial charge is 0.306 e. The van der Waals surface area contributed by atoms with E-state index in [4.69, 9.17) is 0 Å². The van der Waals surface area contributed by atoms with Crippen molar-refractivity contribution in [2.75, 3.05) is 0 Å². The van der Waals surface area contributed by atoms with Crippen molar-refractivity contribution in [1.82, 2.24) is 4.90 Å². The summed E-state index contributed by atoms with van der Waals surface area (Å²) >= 11 is 0. The largest absolute Gasteiger partial charge is 0.481 e. The van der Waals surface area contributed by atoms with Gasteiger partial charge in [0.15, 0.2) is 0 Å². The number of nitrogens with zero attached hydrogens (tertiary/aromatic N) is 1. The van der Waals surface area contributed by atoms with Gasteiger partial charge < -0.3 is 5.11 Å². The van der Waals surface area contributed by atoms with Crippen molar-refractivity contribution < 1.29 is 9.90 Å². The van der Waals surface area contributed by atoms with Crippen LogP contribution in [0.1, 0.15) is 64.2 Å². The molecule has 2 aliphatic heterocycles. The van der Waals surface area contributed by atoms with Gasteiger partial charge in [0, 0.05) is 18.1 Å². The summed E-state index contributed by atoms with van der Waals surface area (Å²) in [7, 11) is 0. The minimum absolute atomic E-state index is 0.0653. The Balaban J connectivity index is 1.69. The monoisotopic (exact) mass is 251 g/mol. The maximum atomic E-state index is 11.2. The molecule has 3 fully saturated rings. The van der Waals surface area contributed by atoms with E-state index in [0.717, 1.165) is 18.9 Å². The minimum atomic E-state index is -0.563. The average molecular weight is 251 g/mol. The Morgan fingerprint density at radius 1 is 0.833 bits per heavy atom. The zero-order valence-electron chi connectivity index (χ0n) is 11.2. The maximum absolute atomic E-state index is 11.2. The Morgan fingerprint density at radius 3 is 1.89 bits per heavy atom. The average Bonchev–Trinajstić information content (AvgIpc) is 2.61. The fourth-order valence-electron chi connectivity index (χ4n) is 4.57. The molecule has 0 aromatic heterocycles. The van der Waals surface area contributed by atoms with Gasteiger partial charge in [0.05, 0.1) is 5.92 Å². The predicted octanol–water partition coefficient (Wildman–Crippen LogP) is 3.04. The molecule has 0 aromatic rings. The molecule has 2 atom stereocenters. The molecule has 0 spiro atoms. The van der Waals surface area contributed by atoms with E-state index in [1.807, 2.05) is 0 Å². The molecule has 2 unspecified atom stereocenters. The van der Waals surface area contributed by atoms with Gasteiger partial charge in [-0.25, -0.2) is 0 Å². The van der Waals surface area contributed by atoms with Crippen LogP contribution in [-0.4, -0.2) is 34.1 Å². The number of fused-ring (bicyclic) bond motifs is 2. The van der Waals surface area contributed by atoms with Gasteiger partial charge in [-0.3, -0.25) is 9.69 Å². The van der Waals surface area contributed by atoms with Gasteiger partial charge in [-0.15, -0.1) is 0 Å². The molecule has 0 amide bonds. The van der Waals surface area contributed by atoms with E-state index in [1.165, 1.54) is 51.4 Å². The number of carboxylic acids is 1. The van der Waals surface area contributed by atoms with E-state index in [-0.39, 0.29) is 5.92 Å². The molecule has 0 aromatic carbocycles. The molecule has 1 aliphatic carbocycles. The van der Waals surface area contributed by atoms with Gasteiger partial charge in [-0.2, -0.15) is 0 Å². The lowest BCUT2D eigenvalue weighted by Gasteiger charge is -2.42. The predicted molar refractivity (Wildman–Crippen MR) is 70.5 cm³/mol. The molecule has 18 heavy (non-hydrogen) atoms. The zero-order chi connectivity index (χ0) is 12.5. The van der Waals surface area contributed by atoms with Gasteiger partial charge in [0.1, 0.15) is 0 Å². The Hall–Kier alpha value is -0.570. The summed E-state index contributed by atoms with van der Waals surface area (Å²) < 4.78 is 0. The highest BCUT2D eigenvalue weighted by molar-refractivity contribution is 5.70. The first-order valence-electron chi connectivity index (χ1n) is 7.76. The third kappa shape index (κ3) is 2.29. The lowest BCUT2D eigenvalue weighted by Crippen LogP contribution is -2.49. The molecule has 0 radical (unpaired) electrons. The van der Waals surface area contributed by atoms with Gasteiger partial charge >= 0.3 is 5.97 Å². The fraction of sp³-hybridized carbons (Fsp3) is 0.933. The number of carbonyl (C=O) groups is 1. The molecule has 2 saturated heterocycles. The van der Waals surface area contributed by atoms with Crippen LogP contribution in [0.2, 0.25) is 0 Å². The highest BCUT2D eigenvalue weighted by Crippen LogP contribution is 2.42. The number of hydrogen-bond acceptors (Lipinski definition) is 2. The second kappa shape index (κ2) is 5.20. The first kappa shape index (κ1) is 12.5. The fourth-order valence-corrected chi connectivity index (χ4v) is 4.57. The molecule has 3 aliphatic rings. The van der Waals surface area contributed by atoms with Crippen LogP contribution in [0.5, 0.6) is 0 Å².